The van der Waals surface area contributed by atoms with Gasteiger partial charge in [0.15, 0.2) is 5.15 Å². The zero-order chi connectivity index (χ0) is 11.8. The van der Waals surface area contributed by atoms with Gasteiger partial charge in [-0.3, -0.25) is 0 Å². The lowest BCUT2D eigenvalue weighted by Crippen LogP contribution is -2.18. The fourth-order valence-electron chi connectivity index (χ4n) is 3.05. The highest BCUT2D eigenvalue weighted by atomic mass is 35.5. The van der Waals surface area contributed by atoms with E-state index in [4.69, 9.17) is 11.6 Å². The summed E-state index contributed by atoms with van der Waals surface area (Å²) in [5, 5.41) is 4.03. The molecule has 3 rings (SSSR count). The summed E-state index contributed by atoms with van der Waals surface area (Å²) in [6.07, 6.45) is 9.24. The molecule has 2 aliphatic rings. The molecule has 1 aromatic heterocycles. The van der Waals surface area contributed by atoms with Crippen LogP contribution in [-0.4, -0.2) is 11.5 Å². The second-order valence-corrected chi connectivity index (χ2v) is 5.63. The van der Waals surface area contributed by atoms with Gasteiger partial charge in [-0.05, 0) is 49.1 Å². The van der Waals surface area contributed by atoms with Crippen molar-refractivity contribution in [2.45, 2.75) is 19.8 Å². The highest BCUT2D eigenvalue weighted by Crippen LogP contribution is 2.43. The van der Waals surface area contributed by atoms with Crippen LogP contribution < -0.4 is 5.32 Å². The van der Waals surface area contributed by atoms with Crippen molar-refractivity contribution in [1.29, 1.82) is 0 Å². The first-order valence-electron chi connectivity index (χ1n) is 6.26. The maximum absolute atomic E-state index is 6.07. The molecule has 1 heterocycles. The van der Waals surface area contributed by atoms with E-state index in [1.165, 1.54) is 12.8 Å². The molecule has 0 saturated heterocycles. The average Bonchev–Trinajstić information content (AvgIpc) is 2.92. The number of anilines is 1. The van der Waals surface area contributed by atoms with Crippen molar-refractivity contribution >= 4 is 17.3 Å². The lowest BCUT2D eigenvalue weighted by Gasteiger charge is -2.19. The predicted octanol–water partition coefficient (Wildman–Crippen LogP) is 3.67. The Morgan fingerprint density at radius 1 is 1.41 bits per heavy atom. The van der Waals surface area contributed by atoms with Gasteiger partial charge >= 0.3 is 0 Å². The lowest BCUT2D eigenvalue weighted by molar-refractivity contribution is 0.472. The number of nitrogens with zero attached hydrogens (tertiary/aromatic N) is 1. The summed E-state index contributed by atoms with van der Waals surface area (Å²) in [4.78, 5) is 4.16. The normalized spacial score (nSPS) is 29.9. The Kier molecular flexibility index (Phi) is 2.83. The first-order chi connectivity index (χ1) is 8.22. The molecule has 1 saturated carbocycles. The Morgan fingerprint density at radius 3 is 3.00 bits per heavy atom. The molecule has 0 aliphatic heterocycles. The summed E-state index contributed by atoms with van der Waals surface area (Å²) in [7, 11) is 0. The van der Waals surface area contributed by atoms with Crippen molar-refractivity contribution in [3.05, 3.63) is 35.1 Å². The van der Waals surface area contributed by atoms with E-state index in [1.54, 1.807) is 6.20 Å². The number of aryl methyl sites for hydroxylation is 1. The highest BCUT2D eigenvalue weighted by molar-refractivity contribution is 6.31. The van der Waals surface area contributed by atoms with Crippen LogP contribution in [0.1, 0.15) is 18.4 Å². The van der Waals surface area contributed by atoms with Crippen LogP contribution in [-0.2, 0) is 0 Å². The number of aromatic nitrogens is 1. The summed E-state index contributed by atoms with van der Waals surface area (Å²) in [6, 6.07) is 2.07. The van der Waals surface area contributed by atoms with Crippen LogP contribution in [0.15, 0.2) is 24.4 Å². The quantitative estimate of drug-likeness (QED) is 0.652. The van der Waals surface area contributed by atoms with Crippen LogP contribution in [0.5, 0.6) is 0 Å². The Labute approximate surface area is 107 Å². The molecule has 0 aromatic carbocycles. The molecule has 0 amide bonds. The molecule has 2 nitrogen and oxygen atoms in total. The third-order valence-corrected chi connectivity index (χ3v) is 4.25. The van der Waals surface area contributed by atoms with Crippen molar-refractivity contribution in [2.75, 3.05) is 11.9 Å². The van der Waals surface area contributed by atoms with Gasteiger partial charge in [-0.1, -0.05) is 23.8 Å². The molecule has 3 heteroatoms. The summed E-state index contributed by atoms with van der Waals surface area (Å²) >= 11 is 6.07. The predicted molar refractivity (Wildman–Crippen MR) is 71.3 cm³/mol. The molecule has 3 atom stereocenters. The van der Waals surface area contributed by atoms with Crippen molar-refractivity contribution in [1.82, 2.24) is 4.98 Å². The molecule has 17 heavy (non-hydrogen) atoms. The Hall–Kier alpha value is -1.02. The smallest absolute Gasteiger partial charge is 0.152 e. The Balaban J connectivity index is 1.64. The number of hydrogen-bond donors (Lipinski definition) is 1. The third kappa shape index (κ3) is 2.19. The van der Waals surface area contributed by atoms with Crippen LogP contribution in [0.25, 0.3) is 0 Å². The van der Waals surface area contributed by atoms with Crippen LogP contribution in [0.3, 0.4) is 0 Å². The number of pyridine rings is 1. The summed E-state index contributed by atoms with van der Waals surface area (Å²) in [5.41, 5.74) is 2.11. The maximum atomic E-state index is 6.07. The van der Waals surface area contributed by atoms with Crippen molar-refractivity contribution < 1.29 is 0 Å². The van der Waals surface area contributed by atoms with Crippen molar-refractivity contribution in [3.63, 3.8) is 0 Å². The van der Waals surface area contributed by atoms with E-state index in [-0.39, 0.29) is 0 Å². The van der Waals surface area contributed by atoms with Gasteiger partial charge in [-0.25, -0.2) is 4.98 Å². The van der Waals surface area contributed by atoms with E-state index in [0.29, 0.717) is 5.15 Å². The SMILES string of the molecule is Cc1cnc(Cl)c(NCC2CC3C=CC2C3)c1. The molecule has 1 aromatic rings. The number of halogens is 1. The number of rotatable bonds is 3. The molecule has 0 spiro atoms. The van der Waals surface area contributed by atoms with Gasteiger partial charge in [-0.15, -0.1) is 0 Å². The number of fused-ring (bicyclic) bond motifs is 2. The van der Waals surface area contributed by atoms with Crippen molar-refractivity contribution in [2.24, 2.45) is 17.8 Å². The minimum Gasteiger partial charge on any atom is -0.382 e. The first-order valence-corrected chi connectivity index (χ1v) is 6.64. The highest BCUT2D eigenvalue weighted by Gasteiger charge is 2.35. The van der Waals surface area contributed by atoms with Gasteiger partial charge in [0.2, 0.25) is 0 Å². The van der Waals surface area contributed by atoms with Crippen LogP contribution >= 0.6 is 11.6 Å². The van der Waals surface area contributed by atoms with Crippen LogP contribution in [0.4, 0.5) is 5.69 Å². The standard InChI is InChI=1S/C14H17ClN2/c1-9-4-13(14(15)17-7-9)16-8-12-6-10-2-3-11(12)5-10/h2-4,7,10-12,16H,5-6,8H2,1H3. The molecule has 90 valence electrons. The van der Waals surface area contributed by atoms with Crippen molar-refractivity contribution in [3.8, 4) is 0 Å². The first kappa shape index (κ1) is 11.1. The lowest BCUT2D eigenvalue weighted by atomic mass is 9.93. The van der Waals surface area contributed by atoms with Gasteiger partial charge in [-0.2, -0.15) is 0 Å². The Bertz CT molecular complexity index is 456. The maximum Gasteiger partial charge on any atom is 0.152 e. The fraction of sp³-hybridized carbons (Fsp3) is 0.500. The van der Waals surface area contributed by atoms with E-state index in [9.17, 15) is 0 Å². The molecule has 1 N–H and O–H groups in total. The molecule has 0 radical (unpaired) electrons. The Morgan fingerprint density at radius 2 is 2.29 bits per heavy atom. The van der Waals surface area contributed by atoms with Gasteiger partial charge in [0.25, 0.3) is 0 Å². The van der Waals surface area contributed by atoms with Crippen LogP contribution in [0.2, 0.25) is 5.15 Å². The van der Waals surface area contributed by atoms with Gasteiger partial charge in [0.1, 0.15) is 0 Å². The topological polar surface area (TPSA) is 24.9 Å². The van der Waals surface area contributed by atoms with E-state index in [0.717, 1.165) is 35.5 Å². The minimum atomic E-state index is 0.578. The number of hydrogen-bond acceptors (Lipinski definition) is 2. The molecule has 1 fully saturated rings. The summed E-state index contributed by atoms with van der Waals surface area (Å²) in [5.74, 6) is 2.38. The number of nitrogens with one attached hydrogen (secondary N) is 1. The second-order valence-electron chi connectivity index (χ2n) is 5.27. The zero-order valence-electron chi connectivity index (χ0n) is 9.99. The monoisotopic (exact) mass is 248 g/mol. The second kappa shape index (κ2) is 4.34. The van der Waals surface area contributed by atoms with Gasteiger partial charge in [0.05, 0.1) is 5.69 Å². The summed E-state index contributed by atoms with van der Waals surface area (Å²) in [6.45, 7) is 3.05. The minimum absolute atomic E-state index is 0.578. The van der Waals surface area contributed by atoms with Gasteiger partial charge in [0, 0.05) is 12.7 Å². The average molecular weight is 249 g/mol. The van der Waals surface area contributed by atoms with Gasteiger partial charge < -0.3 is 5.32 Å². The van der Waals surface area contributed by atoms with E-state index >= 15 is 0 Å². The molecule has 2 aliphatic carbocycles. The molecular formula is C14H17ClN2. The van der Waals surface area contributed by atoms with Crippen LogP contribution in [0, 0.1) is 24.7 Å². The fourth-order valence-corrected chi connectivity index (χ4v) is 3.22. The molecular weight excluding hydrogens is 232 g/mol. The zero-order valence-corrected chi connectivity index (χ0v) is 10.7. The summed E-state index contributed by atoms with van der Waals surface area (Å²) < 4.78 is 0. The molecule has 2 bridgehead atoms. The van der Waals surface area contributed by atoms with E-state index < -0.39 is 0 Å². The van der Waals surface area contributed by atoms with E-state index in [1.807, 2.05) is 6.92 Å². The molecule has 3 unspecified atom stereocenters. The third-order valence-electron chi connectivity index (χ3n) is 3.95. The number of allylic oxidation sites excluding steroid dienone is 2. The van der Waals surface area contributed by atoms with E-state index in [2.05, 4.69) is 28.5 Å². The largest absolute Gasteiger partial charge is 0.382 e.